The SMILES string of the molecule is FC(F)c1nc2c(o1)CCCNC2. The Balaban J connectivity index is 2.27. The van der Waals surface area contributed by atoms with E-state index in [2.05, 4.69) is 10.3 Å². The van der Waals surface area contributed by atoms with Crippen LogP contribution in [0.5, 0.6) is 0 Å². The highest BCUT2D eigenvalue weighted by atomic mass is 19.3. The molecule has 2 heterocycles. The molecule has 2 rings (SSSR count). The average molecular weight is 188 g/mol. The third-order valence-corrected chi connectivity index (χ3v) is 2.03. The number of alkyl halides is 2. The van der Waals surface area contributed by atoms with Gasteiger partial charge in [-0.3, -0.25) is 0 Å². The van der Waals surface area contributed by atoms with Crippen LogP contribution in [-0.4, -0.2) is 11.5 Å². The summed E-state index contributed by atoms with van der Waals surface area (Å²) in [4.78, 5) is 3.73. The van der Waals surface area contributed by atoms with Crippen LogP contribution >= 0.6 is 0 Å². The molecule has 1 aromatic rings. The first-order chi connectivity index (χ1) is 6.27. The number of aromatic nitrogens is 1. The van der Waals surface area contributed by atoms with Gasteiger partial charge in [0.25, 0.3) is 5.89 Å². The van der Waals surface area contributed by atoms with Gasteiger partial charge >= 0.3 is 6.43 Å². The van der Waals surface area contributed by atoms with Gasteiger partial charge in [-0.1, -0.05) is 0 Å². The van der Waals surface area contributed by atoms with Gasteiger partial charge in [0.15, 0.2) is 0 Å². The van der Waals surface area contributed by atoms with Crippen molar-refractivity contribution in [2.45, 2.75) is 25.8 Å². The van der Waals surface area contributed by atoms with Crippen LogP contribution in [-0.2, 0) is 13.0 Å². The van der Waals surface area contributed by atoms with Crippen LogP contribution < -0.4 is 5.32 Å². The summed E-state index contributed by atoms with van der Waals surface area (Å²) < 4.78 is 29.3. The molecule has 1 aliphatic heterocycles. The molecule has 0 saturated carbocycles. The minimum absolute atomic E-state index is 0.450. The molecular formula is C8H10F2N2O. The van der Waals surface area contributed by atoms with Crippen LogP contribution in [0, 0.1) is 0 Å². The maximum Gasteiger partial charge on any atom is 0.313 e. The molecule has 0 saturated heterocycles. The zero-order valence-corrected chi connectivity index (χ0v) is 7.02. The number of hydrogen-bond acceptors (Lipinski definition) is 3. The van der Waals surface area contributed by atoms with E-state index in [0.29, 0.717) is 24.4 Å². The monoisotopic (exact) mass is 188 g/mol. The lowest BCUT2D eigenvalue weighted by molar-refractivity contribution is 0.113. The van der Waals surface area contributed by atoms with Gasteiger partial charge < -0.3 is 9.73 Å². The third-order valence-electron chi connectivity index (χ3n) is 2.03. The Hall–Kier alpha value is -0.970. The number of halogens is 2. The Morgan fingerprint density at radius 1 is 1.46 bits per heavy atom. The van der Waals surface area contributed by atoms with Crippen molar-refractivity contribution >= 4 is 0 Å². The molecule has 0 unspecified atom stereocenters. The van der Waals surface area contributed by atoms with E-state index in [4.69, 9.17) is 4.42 Å². The first-order valence-corrected chi connectivity index (χ1v) is 4.24. The molecule has 0 atom stereocenters. The Kier molecular flexibility index (Phi) is 2.26. The molecule has 0 aromatic carbocycles. The van der Waals surface area contributed by atoms with E-state index in [9.17, 15) is 8.78 Å². The third kappa shape index (κ3) is 1.70. The highest BCUT2D eigenvalue weighted by molar-refractivity contribution is 5.12. The Bertz CT molecular complexity index is 275. The second-order valence-electron chi connectivity index (χ2n) is 3.00. The van der Waals surface area contributed by atoms with Gasteiger partial charge in [-0.05, 0) is 13.0 Å². The number of oxazole rings is 1. The highest BCUT2D eigenvalue weighted by Gasteiger charge is 2.20. The molecular weight excluding hydrogens is 178 g/mol. The smallest absolute Gasteiger partial charge is 0.313 e. The molecule has 0 bridgehead atoms. The lowest BCUT2D eigenvalue weighted by Gasteiger charge is -1.94. The zero-order valence-electron chi connectivity index (χ0n) is 7.02. The van der Waals surface area contributed by atoms with Crippen molar-refractivity contribution in [2.24, 2.45) is 0 Å². The summed E-state index contributed by atoms with van der Waals surface area (Å²) in [6.45, 7) is 1.42. The van der Waals surface area contributed by atoms with E-state index < -0.39 is 12.3 Å². The summed E-state index contributed by atoms with van der Waals surface area (Å²) >= 11 is 0. The number of rotatable bonds is 1. The lowest BCUT2D eigenvalue weighted by Crippen LogP contribution is -2.12. The van der Waals surface area contributed by atoms with E-state index in [0.717, 1.165) is 13.0 Å². The second-order valence-corrected chi connectivity index (χ2v) is 3.00. The first-order valence-electron chi connectivity index (χ1n) is 4.24. The predicted octanol–water partition coefficient (Wildman–Crippen LogP) is 1.65. The fraction of sp³-hybridized carbons (Fsp3) is 0.625. The van der Waals surface area contributed by atoms with Crippen molar-refractivity contribution in [3.05, 3.63) is 17.3 Å². The molecule has 1 aliphatic rings. The standard InChI is InChI=1S/C8H10F2N2O/c9-7(10)8-12-5-4-11-3-1-2-6(5)13-8/h7,11H,1-4H2. The number of nitrogens with one attached hydrogen (secondary N) is 1. The van der Waals surface area contributed by atoms with Crippen molar-refractivity contribution in [2.75, 3.05) is 6.54 Å². The average Bonchev–Trinajstić information content (AvgIpc) is 2.38. The van der Waals surface area contributed by atoms with Gasteiger partial charge in [-0.25, -0.2) is 4.98 Å². The van der Waals surface area contributed by atoms with Crippen LogP contribution in [0.15, 0.2) is 4.42 Å². The molecule has 3 nitrogen and oxygen atoms in total. The summed E-state index contributed by atoms with van der Waals surface area (Å²) in [5.41, 5.74) is 0.632. The molecule has 1 aromatic heterocycles. The summed E-state index contributed by atoms with van der Waals surface area (Å²) in [6.07, 6.45) is -1.00. The van der Waals surface area contributed by atoms with Gasteiger partial charge in [0.05, 0.1) is 5.69 Å². The largest absolute Gasteiger partial charge is 0.440 e. The van der Waals surface area contributed by atoms with Crippen molar-refractivity contribution in [1.29, 1.82) is 0 Å². The topological polar surface area (TPSA) is 38.1 Å². The Morgan fingerprint density at radius 3 is 3.08 bits per heavy atom. The quantitative estimate of drug-likeness (QED) is 0.728. The fourth-order valence-corrected chi connectivity index (χ4v) is 1.41. The van der Waals surface area contributed by atoms with Crippen LogP contribution in [0.4, 0.5) is 8.78 Å². The van der Waals surface area contributed by atoms with E-state index >= 15 is 0 Å². The van der Waals surface area contributed by atoms with Crippen LogP contribution in [0.25, 0.3) is 0 Å². The number of nitrogens with zero attached hydrogens (tertiary/aromatic N) is 1. The normalized spacial score (nSPS) is 17.2. The van der Waals surface area contributed by atoms with Crippen LogP contribution in [0.1, 0.15) is 30.2 Å². The number of fused-ring (bicyclic) bond motifs is 1. The Morgan fingerprint density at radius 2 is 2.31 bits per heavy atom. The second kappa shape index (κ2) is 3.41. The maximum atomic E-state index is 12.2. The molecule has 0 spiro atoms. The van der Waals surface area contributed by atoms with Gasteiger partial charge in [-0.15, -0.1) is 0 Å². The number of aryl methyl sites for hydroxylation is 1. The van der Waals surface area contributed by atoms with Gasteiger partial charge in [-0.2, -0.15) is 8.78 Å². The summed E-state index contributed by atoms with van der Waals surface area (Å²) in [5, 5.41) is 3.09. The first kappa shape index (κ1) is 8.62. The predicted molar refractivity (Wildman–Crippen MR) is 41.5 cm³/mol. The zero-order chi connectivity index (χ0) is 9.26. The van der Waals surface area contributed by atoms with E-state index in [1.54, 1.807) is 0 Å². The summed E-state index contributed by atoms with van der Waals surface area (Å²) in [6, 6.07) is 0. The highest BCUT2D eigenvalue weighted by Crippen LogP contribution is 2.23. The van der Waals surface area contributed by atoms with E-state index in [1.165, 1.54) is 0 Å². The van der Waals surface area contributed by atoms with Crippen molar-refractivity contribution in [3.8, 4) is 0 Å². The molecule has 0 radical (unpaired) electrons. The molecule has 0 amide bonds. The summed E-state index contributed by atoms with van der Waals surface area (Å²) in [7, 11) is 0. The molecule has 13 heavy (non-hydrogen) atoms. The minimum atomic E-state index is -2.60. The van der Waals surface area contributed by atoms with Gasteiger partial charge in [0, 0.05) is 13.0 Å². The molecule has 5 heteroatoms. The van der Waals surface area contributed by atoms with E-state index in [1.807, 2.05) is 0 Å². The van der Waals surface area contributed by atoms with Crippen molar-refractivity contribution in [3.63, 3.8) is 0 Å². The minimum Gasteiger partial charge on any atom is -0.440 e. The van der Waals surface area contributed by atoms with Gasteiger partial charge in [0.2, 0.25) is 0 Å². The molecule has 72 valence electrons. The van der Waals surface area contributed by atoms with Crippen LogP contribution in [0.2, 0.25) is 0 Å². The fourth-order valence-electron chi connectivity index (χ4n) is 1.41. The Labute approximate surface area is 74.1 Å². The van der Waals surface area contributed by atoms with Crippen molar-refractivity contribution in [1.82, 2.24) is 10.3 Å². The lowest BCUT2D eigenvalue weighted by atomic mass is 10.2. The van der Waals surface area contributed by atoms with Crippen molar-refractivity contribution < 1.29 is 13.2 Å². The van der Waals surface area contributed by atoms with Gasteiger partial charge in [0.1, 0.15) is 5.76 Å². The molecule has 0 aliphatic carbocycles. The maximum absolute atomic E-state index is 12.2. The summed E-state index contributed by atoms with van der Waals surface area (Å²) in [5.74, 6) is 0.161. The molecule has 0 fully saturated rings. The molecule has 1 N–H and O–H groups in total. The van der Waals surface area contributed by atoms with E-state index in [-0.39, 0.29) is 0 Å². The van der Waals surface area contributed by atoms with Crippen LogP contribution in [0.3, 0.4) is 0 Å². The number of hydrogen-bond donors (Lipinski definition) is 1.